The molecule has 0 aliphatic carbocycles. The van der Waals surface area contributed by atoms with Gasteiger partial charge in [-0.1, -0.05) is 31.1 Å². The topological polar surface area (TPSA) is 90.0 Å². The van der Waals surface area contributed by atoms with Crippen molar-refractivity contribution in [2.45, 2.75) is 33.1 Å². The van der Waals surface area contributed by atoms with Crippen LogP contribution in [0.15, 0.2) is 42.5 Å². The van der Waals surface area contributed by atoms with Gasteiger partial charge in [0.15, 0.2) is 11.7 Å². The predicted octanol–water partition coefficient (Wildman–Crippen LogP) is 5.48. The van der Waals surface area contributed by atoms with Gasteiger partial charge in [-0.15, -0.1) is 0 Å². The van der Waals surface area contributed by atoms with Crippen LogP contribution in [0.4, 0.5) is 15.6 Å². The van der Waals surface area contributed by atoms with Crippen molar-refractivity contribution < 1.29 is 23.8 Å². The van der Waals surface area contributed by atoms with Gasteiger partial charge >= 0.3 is 12.0 Å². The van der Waals surface area contributed by atoms with Gasteiger partial charge in [-0.25, -0.2) is 14.6 Å². The van der Waals surface area contributed by atoms with Gasteiger partial charge in [-0.3, -0.25) is 10.2 Å². The van der Waals surface area contributed by atoms with Crippen molar-refractivity contribution in [1.29, 1.82) is 0 Å². The minimum Gasteiger partial charge on any atom is -0.497 e. The minimum atomic E-state index is -0.421. The molecule has 0 saturated heterocycles. The van der Waals surface area contributed by atoms with E-state index in [9.17, 15) is 9.59 Å². The number of ether oxygens (including phenoxy) is 3. The lowest BCUT2D eigenvalue weighted by Gasteiger charge is -2.23. The van der Waals surface area contributed by atoms with E-state index in [1.54, 1.807) is 43.2 Å². The molecule has 0 aliphatic rings. The third-order valence-electron chi connectivity index (χ3n) is 4.85. The number of thiazole rings is 1. The number of carbonyl (C=O) groups is 2. The van der Waals surface area contributed by atoms with E-state index in [1.165, 1.54) is 11.3 Å². The Morgan fingerprint density at radius 1 is 1.06 bits per heavy atom. The Kier molecular flexibility index (Phi) is 8.88. The van der Waals surface area contributed by atoms with E-state index in [0.717, 1.165) is 40.9 Å². The van der Waals surface area contributed by atoms with E-state index in [0.29, 0.717) is 24.0 Å². The fourth-order valence-corrected chi connectivity index (χ4v) is 4.06. The lowest BCUT2D eigenvalue weighted by molar-refractivity contribution is -0.145. The van der Waals surface area contributed by atoms with Crippen LogP contribution in [-0.4, -0.2) is 43.9 Å². The van der Waals surface area contributed by atoms with Crippen LogP contribution in [0.2, 0.25) is 0 Å². The molecule has 2 amide bonds. The molecule has 0 unspecified atom stereocenters. The Morgan fingerprint density at radius 3 is 2.52 bits per heavy atom. The van der Waals surface area contributed by atoms with Gasteiger partial charge in [-0.05, 0) is 55.8 Å². The summed E-state index contributed by atoms with van der Waals surface area (Å²) in [7, 11) is 1.62. The van der Waals surface area contributed by atoms with E-state index in [1.807, 2.05) is 18.2 Å². The third kappa shape index (κ3) is 6.82. The van der Waals surface area contributed by atoms with Gasteiger partial charge in [0.25, 0.3) is 0 Å². The standard InChI is InChI=1S/C24H29N3O5S/c1-4-6-7-14-27(17-8-10-18(11-9-17)32-16-22(28)31-5-2)24(29)26-23-25-20-13-12-19(30-3)15-21(20)33-23/h8-13,15H,4-7,14,16H2,1-3H3,(H,25,26,29). The fraction of sp³-hybridized carbons (Fsp3) is 0.375. The van der Waals surface area contributed by atoms with Gasteiger partial charge in [0, 0.05) is 12.2 Å². The average Bonchev–Trinajstić information content (AvgIpc) is 3.22. The molecule has 0 aliphatic heterocycles. The second-order valence-electron chi connectivity index (χ2n) is 7.23. The number of hydrogen-bond donors (Lipinski definition) is 1. The first-order valence-corrected chi connectivity index (χ1v) is 11.8. The summed E-state index contributed by atoms with van der Waals surface area (Å²) in [6.45, 7) is 4.59. The first-order valence-electron chi connectivity index (χ1n) is 11.0. The molecule has 1 heterocycles. The van der Waals surface area contributed by atoms with Gasteiger partial charge < -0.3 is 14.2 Å². The predicted molar refractivity (Wildman–Crippen MR) is 131 cm³/mol. The molecule has 9 heteroatoms. The third-order valence-corrected chi connectivity index (χ3v) is 5.78. The Bertz CT molecular complexity index is 1070. The van der Waals surface area contributed by atoms with E-state index >= 15 is 0 Å². The number of rotatable bonds is 11. The Morgan fingerprint density at radius 2 is 1.82 bits per heavy atom. The molecule has 176 valence electrons. The van der Waals surface area contributed by atoms with E-state index in [4.69, 9.17) is 14.2 Å². The Hall–Kier alpha value is -3.33. The number of urea groups is 1. The van der Waals surface area contributed by atoms with Crippen LogP contribution in [0.5, 0.6) is 11.5 Å². The van der Waals surface area contributed by atoms with E-state index in [2.05, 4.69) is 17.2 Å². The molecular weight excluding hydrogens is 442 g/mol. The average molecular weight is 472 g/mol. The van der Waals surface area contributed by atoms with Gasteiger partial charge in [0.1, 0.15) is 11.5 Å². The first-order chi connectivity index (χ1) is 16.0. The minimum absolute atomic E-state index is 0.156. The Balaban J connectivity index is 1.71. The number of benzene rings is 2. The highest BCUT2D eigenvalue weighted by Crippen LogP contribution is 2.30. The molecule has 8 nitrogen and oxygen atoms in total. The molecule has 0 bridgehead atoms. The fourth-order valence-electron chi connectivity index (χ4n) is 3.18. The van der Waals surface area contributed by atoms with Crippen LogP contribution in [-0.2, 0) is 9.53 Å². The highest BCUT2D eigenvalue weighted by atomic mass is 32.1. The maximum absolute atomic E-state index is 13.1. The number of fused-ring (bicyclic) bond motifs is 1. The Labute approximate surface area is 197 Å². The quantitative estimate of drug-likeness (QED) is 0.294. The van der Waals surface area contributed by atoms with Crippen molar-refractivity contribution in [3.8, 4) is 11.5 Å². The van der Waals surface area contributed by atoms with Gasteiger partial charge in [0.2, 0.25) is 0 Å². The molecule has 33 heavy (non-hydrogen) atoms. The number of hydrogen-bond acceptors (Lipinski definition) is 7. The maximum atomic E-state index is 13.1. The summed E-state index contributed by atoms with van der Waals surface area (Å²) in [5, 5.41) is 3.45. The zero-order valence-electron chi connectivity index (χ0n) is 19.1. The molecule has 0 saturated carbocycles. The summed E-state index contributed by atoms with van der Waals surface area (Å²) in [6, 6.07) is 12.4. The molecule has 0 spiro atoms. The molecule has 0 atom stereocenters. The second-order valence-corrected chi connectivity index (χ2v) is 8.26. The molecule has 0 radical (unpaired) electrons. The lowest BCUT2D eigenvalue weighted by Crippen LogP contribution is -2.35. The van der Waals surface area contributed by atoms with Crippen molar-refractivity contribution in [1.82, 2.24) is 4.98 Å². The maximum Gasteiger partial charge on any atom is 0.344 e. The number of methoxy groups -OCH3 is 1. The second kappa shape index (κ2) is 12.1. The molecule has 0 fully saturated rings. The zero-order chi connectivity index (χ0) is 23.6. The van der Waals surface area contributed by atoms with Crippen molar-refractivity contribution in [3.05, 3.63) is 42.5 Å². The van der Waals surface area contributed by atoms with E-state index in [-0.39, 0.29) is 12.6 Å². The summed E-state index contributed by atoms with van der Waals surface area (Å²) < 4.78 is 16.5. The number of unbranched alkanes of at least 4 members (excludes halogenated alkanes) is 2. The van der Waals surface area contributed by atoms with Crippen LogP contribution in [0.1, 0.15) is 33.1 Å². The number of esters is 1. The van der Waals surface area contributed by atoms with Gasteiger partial charge in [0.05, 0.1) is 23.9 Å². The summed E-state index contributed by atoms with van der Waals surface area (Å²) in [4.78, 5) is 30.8. The summed E-state index contributed by atoms with van der Waals surface area (Å²) in [6.07, 6.45) is 2.95. The highest BCUT2D eigenvalue weighted by Gasteiger charge is 2.18. The monoisotopic (exact) mass is 471 g/mol. The molecular formula is C24H29N3O5S. The largest absolute Gasteiger partial charge is 0.497 e. The van der Waals surface area contributed by atoms with Crippen LogP contribution < -0.4 is 19.7 Å². The van der Waals surface area contributed by atoms with Crippen molar-refractivity contribution >= 4 is 44.4 Å². The van der Waals surface area contributed by atoms with Crippen molar-refractivity contribution in [3.63, 3.8) is 0 Å². The summed E-state index contributed by atoms with van der Waals surface area (Å²) in [5.41, 5.74) is 1.53. The summed E-state index contributed by atoms with van der Waals surface area (Å²) in [5.74, 6) is 0.854. The number of nitrogens with one attached hydrogen (secondary N) is 1. The molecule has 1 N–H and O–H groups in total. The number of carbonyl (C=O) groups excluding carboxylic acids is 2. The number of anilines is 2. The van der Waals surface area contributed by atoms with Crippen LogP contribution >= 0.6 is 11.3 Å². The van der Waals surface area contributed by atoms with Crippen LogP contribution in [0.3, 0.4) is 0 Å². The van der Waals surface area contributed by atoms with Gasteiger partial charge in [-0.2, -0.15) is 0 Å². The molecule has 3 rings (SSSR count). The van der Waals surface area contributed by atoms with Crippen molar-refractivity contribution in [2.75, 3.05) is 37.1 Å². The zero-order valence-corrected chi connectivity index (χ0v) is 19.9. The SMILES string of the molecule is CCCCCN(C(=O)Nc1nc2ccc(OC)cc2s1)c1ccc(OCC(=O)OCC)cc1. The van der Waals surface area contributed by atoms with Crippen LogP contribution in [0.25, 0.3) is 10.2 Å². The summed E-state index contributed by atoms with van der Waals surface area (Å²) >= 11 is 1.40. The molecule has 3 aromatic rings. The number of nitrogens with zero attached hydrogens (tertiary/aromatic N) is 2. The number of aromatic nitrogens is 1. The number of amides is 2. The molecule has 1 aromatic heterocycles. The smallest absolute Gasteiger partial charge is 0.344 e. The normalized spacial score (nSPS) is 10.6. The lowest BCUT2D eigenvalue weighted by atomic mass is 10.2. The van der Waals surface area contributed by atoms with E-state index < -0.39 is 5.97 Å². The van der Waals surface area contributed by atoms with Crippen molar-refractivity contribution in [2.24, 2.45) is 0 Å². The first kappa shape index (κ1) is 24.3. The highest BCUT2D eigenvalue weighted by molar-refractivity contribution is 7.22. The molecule has 2 aromatic carbocycles. The van der Waals surface area contributed by atoms with Crippen LogP contribution in [0, 0.1) is 0 Å².